The maximum absolute atomic E-state index is 11.6. The predicted molar refractivity (Wildman–Crippen MR) is 54.9 cm³/mol. The van der Waals surface area contributed by atoms with Crippen LogP contribution in [-0.2, 0) is 9.53 Å². The van der Waals surface area contributed by atoms with Crippen LogP contribution in [0.15, 0.2) is 42.5 Å². The molecule has 1 unspecified atom stereocenters. The Hall–Kier alpha value is -1.61. The number of fused-ring (bicyclic) bond motifs is 1. The molecule has 3 nitrogen and oxygen atoms in total. The van der Waals surface area contributed by atoms with Crippen LogP contribution in [-0.4, -0.2) is 23.5 Å². The zero-order valence-electron chi connectivity index (χ0n) is 8.17. The third kappa shape index (κ3) is 1.27. The van der Waals surface area contributed by atoms with Gasteiger partial charge in [-0.2, -0.15) is 0 Å². The van der Waals surface area contributed by atoms with E-state index in [0.717, 1.165) is 5.56 Å². The molecule has 2 heterocycles. The third-order valence-corrected chi connectivity index (χ3v) is 2.83. The van der Waals surface area contributed by atoms with Crippen molar-refractivity contribution in [3.63, 3.8) is 0 Å². The third-order valence-electron chi connectivity index (χ3n) is 2.83. The summed E-state index contributed by atoms with van der Waals surface area (Å²) in [7, 11) is 0. The summed E-state index contributed by atoms with van der Waals surface area (Å²) >= 11 is 0. The highest BCUT2D eigenvalue weighted by Gasteiger charge is 2.39. The van der Waals surface area contributed by atoms with Crippen molar-refractivity contribution in [1.29, 1.82) is 0 Å². The molecule has 1 fully saturated rings. The summed E-state index contributed by atoms with van der Waals surface area (Å²) in [5.74, 6) is 0.0475. The summed E-state index contributed by atoms with van der Waals surface area (Å²) in [4.78, 5) is 13.4. The molecule has 2 aliphatic heterocycles. The van der Waals surface area contributed by atoms with Gasteiger partial charge in [-0.1, -0.05) is 36.4 Å². The smallest absolute Gasteiger partial charge is 0.249 e. The number of hydrogen-bond acceptors (Lipinski definition) is 2. The minimum absolute atomic E-state index is 0.0475. The lowest BCUT2D eigenvalue weighted by atomic mass is 10.2. The minimum Gasteiger partial charge on any atom is -0.351 e. The Morgan fingerprint density at radius 2 is 2.07 bits per heavy atom. The monoisotopic (exact) mass is 201 g/mol. The maximum atomic E-state index is 11.6. The molecule has 0 bridgehead atoms. The number of hydrogen-bond donors (Lipinski definition) is 0. The van der Waals surface area contributed by atoms with Crippen LogP contribution >= 0.6 is 0 Å². The van der Waals surface area contributed by atoms with Crippen LogP contribution in [0.5, 0.6) is 0 Å². The van der Waals surface area contributed by atoms with Crippen molar-refractivity contribution in [2.45, 2.75) is 12.3 Å². The van der Waals surface area contributed by atoms with Gasteiger partial charge < -0.3 is 9.64 Å². The van der Waals surface area contributed by atoms with Crippen molar-refractivity contribution < 1.29 is 9.53 Å². The summed E-state index contributed by atoms with van der Waals surface area (Å²) in [6.07, 6.45) is 3.33. The van der Waals surface area contributed by atoms with Crippen molar-refractivity contribution in [2.75, 3.05) is 6.61 Å². The summed E-state index contributed by atoms with van der Waals surface area (Å²) in [6, 6.07) is 9.97. The summed E-state index contributed by atoms with van der Waals surface area (Å²) in [6.45, 7) is 0.599. The number of carbonyl (C=O) groups is 1. The van der Waals surface area contributed by atoms with Crippen molar-refractivity contribution >= 4 is 5.91 Å². The Kier molecular flexibility index (Phi) is 1.86. The SMILES string of the molecule is O=C1C=C[C@H]2COC(c3ccccc3)N12. The second-order valence-corrected chi connectivity index (χ2v) is 3.77. The standard InChI is InChI=1S/C12H11NO2/c14-11-7-6-10-8-15-12(13(10)11)9-4-2-1-3-5-9/h1-7,10,12H,8H2/t10-,12?/m0/s1. The van der Waals surface area contributed by atoms with Gasteiger partial charge in [-0.05, 0) is 0 Å². The van der Waals surface area contributed by atoms with Crippen LogP contribution in [0.1, 0.15) is 11.8 Å². The highest BCUT2D eigenvalue weighted by atomic mass is 16.5. The molecule has 1 aromatic carbocycles. The van der Waals surface area contributed by atoms with Crippen LogP contribution in [0.25, 0.3) is 0 Å². The van der Waals surface area contributed by atoms with Gasteiger partial charge in [0.15, 0.2) is 6.23 Å². The molecule has 3 rings (SSSR count). The molecule has 76 valence electrons. The predicted octanol–water partition coefficient (Wildman–Crippen LogP) is 1.48. The lowest BCUT2D eigenvalue weighted by Gasteiger charge is -2.22. The number of ether oxygens (including phenoxy) is 1. The zero-order valence-corrected chi connectivity index (χ0v) is 8.17. The van der Waals surface area contributed by atoms with Gasteiger partial charge in [0, 0.05) is 11.6 Å². The van der Waals surface area contributed by atoms with Crippen LogP contribution in [0.2, 0.25) is 0 Å². The number of rotatable bonds is 1. The Morgan fingerprint density at radius 3 is 2.87 bits per heavy atom. The molecule has 0 aliphatic carbocycles. The average molecular weight is 201 g/mol. The largest absolute Gasteiger partial charge is 0.351 e. The summed E-state index contributed by atoms with van der Waals surface area (Å²) in [5.41, 5.74) is 1.04. The van der Waals surface area contributed by atoms with E-state index in [1.807, 2.05) is 36.4 Å². The van der Waals surface area contributed by atoms with Crippen molar-refractivity contribution in [2.24, 2.45) is 0 Å². The molecule has 1 amide bonds. The lowest BCUT2D eigenvalue weighted by Crippen LogP contribution is -2.31. The van der Waals surface area contributed by atoms with Gasteiger partial charge >= 0.3 is 0 Å². The van der Waals surface area contributed by atoms with E-state index in [-0.39, 0.29) is 18.2 Å². The van der Waals surface area contributed by atoms with E-state index in [1.165, 1.54) is 0 Å². The van der Waals surface area contributed by atoms with Gasteiger partial charge in [-0.3, -0.25) is 4.79 Å². The van der Waals surface area contributed by atoms with Crippen molar-refractivity contribution in [3.8, 4) is 0 Å². The fourth-order valence-corrected chi connectivity index (χ4v) is 2.11. The molecule has 2 aliphatic rings. The first-order chi connectivity index (χ1) is 7.36. The number of benzene rings is 1. The van der Waals surface area contributed by atoms with Crippen molar-refractivity contribution in [1.82, 2.24) is 4.90 Å². The van der Waals surface area contributed by atoms with Crippen LogP contribution in [0, 0.1) is 0 Å². The molecular weight excluding hydrogens is 190 g/mol. The molecule has 1 saturated heterocycles. The van der Waals surface area contributed by atoms with Crippen LogP contribution < -0.4 is 0 Å². The fourth-order valence-electron chi connectivity index (χ4n) is 2.11. The summed E-state index contributed by atoms with van der Waals surface area (Å²) < 4.78 is 5.63. The first-order valence-electron chi connectivity index (χ1n) is 5.03. The second-order valence-electron chi connectivity index (χ2n) is 3.77. The molecule has 0 saturated carbocycles. The van der Waals surface area contributed by atoms with Crippen LogP contribution in [0.4, 0.5) is 0 Å². The normalized spacial score (nSPS) is 28.5. The van der Waals surface area contributed by atoms with Crippen LogP contribution in [0.3, 0.4) is 0 Å². The van der Waals surface area contributed by atoms with Gasteiger partial charge in [-0.15, -0.1) is 0 Å². The van der Waals surface area contributed by atoms with E-state index in [0.29, 0.717) is 6.61 Å². The molecule has 1 aromatic rings. The molecule has 0 aromatic heterocycles. The van der Waals surface area contributed by atoms with E-state index < -0.39 is 0 Å². The molecule has 0 radical (unpaired) electrons. The van der Waals surface area contributed by atoms with Gasteiger partial charge in [0.2, 0.25) is 5.91 Å². The van der Waals surface area contributed by atoms with E-state index >= 15 is 0 Å². The quantitative estimate of drug-likeness (QED) is 0.688. The Bertz CT molecular complexity index is 413. The number of amides is 1. The minimum atomic E-state index is -0.210. The number of carbonyl (C=O) groups excluding carboxylic acids is 1. The lowest BCUT2D eigenvalue weighted by molar-refractivity contribution is -0.130. The molecule has 0 N–H and O–H groups in total. The average Bonchev–Trinajstić information content (AvgIpc) is 2.84. The Morgan fingerprint density at radius 1 is 1.27 bits per heavy atom. The fraction of sp³-hybridized carbons (Fsp3) is 0.250. The van der Waals surface area contributed by atoms with E-state index in [4.69, 9.17) is 4.74 Å². The van der Waals surface area contributed by atoms with E-state index in [9.17, 15) is 4.79 Å². The number of nitrogens with zero attached hydrogens (tertiary/aromatic N) is 1. The van der Waals surface area contributed by atoms with Gasteiger partial charge in [0.1, 0.15) is 0 Å². The molecular formula is C12H11NO2. The molecule has 2 atom stereocenters. The van der Waals surface area contributed by atoms with Crippen molar-refractivity contribution in [3.05, 3.63) is 48.0 Å². The molecule has 0 spiro atoms. The van der Waals surface area contributed by atoms with E-state index in [2.05, 4.69) is 0 Å². The van der Waals surface area contributed by atoms with E-state index in [1.54, 1.807) is 11.0 Å². The second kappa shape index (κ2) is 3.21. The summed E-state index contributed by atoms with van der Waals surface area (Å²) in [5, 5.41) is 0. The first-order valence-corrected chi connectivity index (χ1v) is 5.03. The van der Waals surface area contributed by atoms with Gasteiger partial charge in [0.05, 0.1) is 12.6 Å². The zero-order chi connectivity index (χ0) is 10.3. The highest BCUT2D eigenvalue weighted by Crippen LogP contribution is 2.33. The Balaban J connectivity index is 1.93. The molecule has 3 heteroatoms. The Labute approximate surface area is 88.0 Å². The highest BCUT2D eigenvalue weighted by molar-refractivity contribution is 5.91. The maximum Gasteiger partial charge on any atom is 0.249 e. The topological polar surface area (TPSA) is 29.5 Å². The van der Waals surface area contributed by atoms with Gasteiger partial charge in [0.25, 0.3) is 0 Å². The molecule has 15 heavy (non-hydrogen) atoms. The van der Waals surface area contributed by atoms with Gasteiger partial charge in [-0.25, -0.2) is 0 Å². The first kappa shape index (κ1) is 8.68.